The van der Waals surface area contributed by atoms with E-state index in [1.807, 2.05) is 61.5 Å². The van der Waals surface area contributed by atoms with Crippen molar-refractivity contribution in [1.29, 1.82) is 5.53 Å². The van der Waals surface area contributed by atoms with Crippen LogP contribution < -0.4 is 5.32 Å². The normalized spacial score (nSPS) is 11.7. The Bertz CT molecular complexity index is 578. The third-order valence-corrected chi connectivity index (χ3v) is 3.08. The number of amides is 1. The van der Waals surface area contributed by atoms with Gasteiger partial charge >= 0.3 is 0 Å². The van der Waals surface area contributed by atoms with Gasteiger partial charge in [-0.1, -0.05) is 60.2 Å². The van der Waals surface area contributed by atoms with Crippen LogP contribution in [-0.4, -0.2) is 5.91 Å². The van der Waals surface area contributed by atoms with Crippen molar-refractivity contribution < 1.29 is 4.79 Å². The van der Waals surface area contributed by atoms with Gasteiger partial charge in [0, 0.05) is 6.54 Å². The Balaban J connectivity index is 2.02. The largest absolute Gasteiger partial charge is 0.350 e. The van der Waals surface area contributed by atoms with Crippen molar-refractivity contribution in [3.05, 3.63) is 71.3 Å². The number of carbonyl (C=O) groups excluding carboxylic acids is 1. The van der Waals surface area contributed by atoms with E-state index in [0.29, 0.717) is 6.54 Å². The summed E-state index contributed by atoms with van der Waals surface area (Å²) in [6, 6.07) is 16.4. The lowest BCUT2D eigenvalue weighted by atomic mass is 10.1. The minimum Gasteiger partial charge on any atom is -0.350 e. The van der Waals surface area contributed by atoms with E-state index in [4.69, 9.17) is 5.53 Å². The maximum Gasteiger partial charge on any atom is 0.251 e. The predicted octanol–water partition coefficient (Wildman–Crippen LogP) is 3.38. The number of aryl methyl sites for hydroxylation is 1. The Morgan fingerprint density at radius 2 is 1.80 bits per heavy atom. The molecule has 4 nitrogen and oxygen atoms in total. The number of benzene rings is 2. The molecule has 0 bridgehead atoms. The molecule has 0 aromatic heterocycles. The minimum atomic E-state index is -0.778. The van der Waals surface area contributed by atoms with Crippen molar-refractivity contribution in [2.24, 2.45) is 5.11 Å². The number of hydrogen-bond donors (Lipinski definition) is 2. The fraction of sp³-hybridized carbons (Fsp3) is 0.188. The van der Waals surface area contributed by atoms with Crippen LogP contribution in [0.4, 0.5) is 0 Å². The first-order valence-electron chi connectivity index (χ1n) is 6.45. The van der Waals surface area contributed by atoms with Gasteiger partial charge in [-0.3, -0.25) is 4.79 Å². The van der Waals surface area contributed by atoms with E-state index in [1.54, 1.807) is 0 Å². The van der Waals surface area contributed by atoms with Gasteiger partial charge in [-0.15, -0.1) is 0 Å². The van der Waals surface area contributed by atoms with E-state index in [2.05, 4.69) is 10.4 Å². The number of nitrogens with one attached hydrogen (secondary N) is 2. The lowest BCUT2D eigenvalue weighted by molar-refractivity contribution is -0.122. The van der Waals surface area contributed by atoms with Gasteiger partial charge in [0.1, 0.15) is 0 Å². The molecule has 0 saturated carbocycles. The molecule has 2 aromatic rings. The number of carbonyl (C=O) groups is 1. The summed E-state index contributed by atoms with van der Waals surface area (Å²) >= 11 is 0. The van der Waals surface area contributed by atoms with Gasteiger partial charge in [0.25, 0.3) is 5.91 Å². The first-order chi connectivity index (χ1) is 9.70. The summed E-state index contributed by atoms with van der Waals surface area (Å²) in [6.07, 6.45) is 0. The predicted molar refractivity (Wildman–Crippen MR) is 77.4 cm³/mol. The van der Waals surface area contributed by atoms with Gasteiger partial charge < -0.3 is 5.32 Å². The van der Waals surface area contributed by atoms with E-state index < -0.39 is 6.04 Å². The quantitative estimate of drug-likeness (QED) is 0.801. The van der Waals surface area contributed by atoms with Gasteiger partial charge in [-0.25, -0.2) is 5.53 Å². The highest BCUT2D eigenvalue weighted by Gasteiger charge is 2.19. The Kier molecular flexibility index (Phi) is 4.60. The second kappa shape index (κ2) is 6.61. The highest BCUT2D eigenvalue weighted by molar-refractivity contribution is 5.83. The molecule has 1 unspecified atom stereocenters. The molecule has 0 spiro atoms. The van der Waals surface area contributed by atoms with Gasteiger partial charge in [-0.05, 0) is 18.1 Å². The number of hydrogen-bond acceptors (Lipinski definition) is 3. The Hall–Kier alpha value is -2.49. The third-order valence-electron chi connectivity index (χ3n) is 3.08. The molecule has 2 N–H and O–H groups in total. The standard InChI is InChI=1S/C16H17N3O/c1-12-7-9-14(10-8-12)15(19-17)16(20)18-11-13-5-3-2-4-6-13/h2-10,15,17H,11H2,1H3,(H,18,20). The average molecular weight is 267 g/mol. The van der Waals surface area contributed by atoms with E-state index in [1.165, 1.54) is 0 Å². The van der Waals surface area contributed by atoms with Crippen LogP contribution in [0.3, 0.4) is 0 Å². The van der Waals surface area contributed by atoms with Crippen molar-refractivity contribution >= 4 is 5.91 Å². The van der Waals surface area contributed by atoms with Crippen LogP contribution in [-0.2, 0) is 11.3 Å². The fourth-order valence-electron chi connectivity index (χ4n) is 1.91. The van der Waals surface area contributed by atoms with Crippen LogP contribution in [0.25, 0.3) is 0 Å². The van der Waals surface area contributed by atoms with E-state index in [9.17, 15) is 4.79 Å². The minimum absolute atomic E-state index is 0.257. The lowest BCUT2D eigenvalue weighted by Gasteiger charge is -2.12. The van der Waals surface area contributed by atoms with Gasteiger partial charge in [0.15, 0.2) is 6.04 Å². The molecule has 1 amide bonds. The van der Waals surface area contributed by atoms with Crippen LogP contribution in [0.5, 0.6) is 0 Å². The molecule has 0 heterocycles. The van der Waals surface area contributed by atoms with Crippen molar-refractivity contribution in [2.75, 3.05) is 0 Å². The van der Waals surface area contributed by atoms with Gasteiger partial charge in [0.05, 0.1) is 0 Å². The molecule has 4 heteroatoms. The first-order valence-corrected chi connectivity index (χ1v) is 6.45. The van der Waals surface area contributed by atoms with Crippen molar-refractivity contribution in [2.45, 2.75) is 19.5 Å². The molecule has 0 fully saturated rings. The zero-order valence-electron chi connectivity index (χ0n) is 11.3. The van der Waals surface area contributed by atoms with Gasteiger partial charge in [-0.2, -0.15) is 5.11 Å². The summed E-state index contributed by atoms with van der Waals surface area (Å²) in [5.74, 6) is -0.257. The molecule has 102 valence electrons. The molecular formula is C16H17N3O. The summed E-state index contributed by atoms with van der Waals surface area (Å²) in [5, 5.41) is 6.25. The molecule has 1 atom stereocenters. The second-order valence-electron chi connectivity index (χ2n) is 4.65. The number of nitrogens with zero attached hydrogens (tertiary/aromatic N) is 1. The summed E-state index contributed by atoms with van der Waals surface area (Å²) < 4.78 is 0. The van der Waals surface area contributed by atoms with Crippen molar-refractivity contribution in [3.8, 4) is 0 Å². The molecule has 2 aromatic carbocycles. The zero-order chi connectivity index (χ0) is 14.4. The molecular weight excluding hydrogens is 250 g/mol. The SMILES string of the molecule is Cc1ccc(C(N=N)C(=O)NCc2ccccc2)cc1. The summed E-state index contributed by atoms with van der Waals surface area (Å²) in [4.78, 5) is 12.1. The summed E-state index contributed by atoms with van der Waals surface area (Å²) in [5.41, 5.74) is 10.1. The fourth-order valence-corrected chi connectivity index (χ4v) is 1.91. The van der Waals surface area contributed by atoms with E-state index in [-0.39, 0.29) is 5.91 Å². The van der Waals surface area contributed by atoms with Crippen LogP contribution in [0.1, 0.15) is 22.7 Å². The maximum absolute atomic E-state index is 12.1. The zero-order valence-corrected chi connectivity index (χ0v) is 11.3. The molecule has 0 aliphatic rings. The maximum atomic E-state index is 12.1. The molecule has 0 saturated heterocycles. The van der Waals surface area contributed by atoms with E-state index >= 15 is 0 Å². The highest BCUT2D eigenvalue weighted by atomic mass is 16.2. The van der Waals surface area contributed by atoms with Crippen LogP contribution in [0, 0.1) is 12.5 Å². The van der Waals surface area contributed by atoms with Crippen molar-refractivity contribution in [1.82, 2.24) is 5.32 Å². The first kappa shape index (κ1) is 13.9. The highest BCUT2D eigenvalue weighted by Crippen LogP contribution is 2.18. The topological polar surface area (TPSA) is 65.3 Å². The second-order valence-corrected chi connectivity index (χ2v) is 4.65. The van der Waals surface area contributed by atoms with E-state index in [0.717, 1.165) is 16.7 Å². The third kappa shape index (κ3) is 3.51. The van der Waals surface area contributed by atoms with Crippen LogP contribution in [0.2, 0.25) is 0 Å². The summed E-state index contributed by atoms with van der Waals surface area (Å²) in [7, 11) is 0. The molecule has 0 aliphatic carbocycles. The van der Waals surface area contributed by atoms with Gasteiger partial charge in [0.2, 0.25) is 0 Å². The molecule has 0 aliphatic heterocycles. The van der Waals surface area contributed by atoms with Crippen LogP contribution >= 0.6 is 0 Å². The summed E-state index contributed by atoms with van der Waals surface area (Å²) in [6.45, 7) is 2.42. The lowest BCUT2D eigenvalue weighted by Crippen LogP contribution is -2.27. The van der Waals surface area contributed by atoms with Crippen LogP contribution in [0.15, 0.2) is 59.7 Å². The Labute approximate surface area is 118 Å². The average Bonchev–Trinajstić information content (AvgIpc) is 2.49. The Morgan fingerprint density at radius 1 is 1.15 bits per heavy atom. The molecule has 20 heavy (non-hydrogen) atoms. The smallest absolute Gasteiger partial charge is 0.251 e. The molecule has 0 radical (unpaired) electrons. The monoisotopic (exact) mass is 267 g/mol. The number of rotatable bonds is 5. The molecule has 2 rings (SSSR count). The Morgan fingerprint density at radius 3 is 2.40 bits per heavy atom. The van der Waals surface area contributed by atoms with Crippen molar-refractivity contribution in [3.63, 3.8) is 0 Å².